The van der Waals surface area contributed by atoms with Crippen molar-refractivity contribution in [3.63, 3.8) is 0 Å². The zero-order valence-corrected chi connectivity index (χ0v) is 12.2. The second kappa shape index (κ2) is 6.66. The second-order valence-electron chi connectivity index (χ2n) is 4.63. The number of hydrogen-bond donors (Lipinski definition) is 1. The molecule has 0 atom stereocenters. The molecule has 0 radical (unpaired) electrons. The summed E-state index contributed by atoms with van der Waals surface area (Å²) in [4.78, 5) is 26.1. The van der Waals surface area contributed by atoms with Crippen LogP contribution < -0.4 is 10.1 Å². The highest BCUT2D eigenvalue weighted by Gasteiger charge is 2.17. The number of nitrogens with zero attached hydrogens (tertiary/aromatic N) is 2. The van der Waals surface area contributed by atoms with E-state index in [1.807, 2.05) is 31.2 Å². The number of nitro groups is 1. The summed E-state index contributed by atoms with van der Waals surface area (Å²) in [6.45, 7) is 1.93. The van der Waals surface area contributed by atoms with E-state index < -0.39 is 4.92 Å². The Balaban J connectivity index is 2.12. The zero-order chi connectivity index (χ0) is 16.1. The smallest absolute Gasteiger partial charge is 0.331 e. The van der Waals surface area contributed by atoms with Crippen LogP contribution in [-0.2, 0) is 11.2 Å². The molecule has 0 bridgehead atoms. The molecule has 7 heteroatoms. The lowest BCUT2D eigenvalue weighted by molar-refractivity contribution is -0.386. The lowest BCUT2D eigenvalue weighted by atomic mass is 10.1. The van der Waals surface area contributed by atoms with E-state index in [9.17, 15) is 14.9 Å². The van der Waals surface area contributed by atoms with Crippen molar-refractivity contribution >= 4 is 17.4 Å². The van der Waals surface area contributed by atoms with Crippen molar-refractivity contribution in [2.24, 2.45) is 0 Å². The molecular weight excluding hydrogens is 286 g/mol. The largest absolute Gasteiger partial charge is 0.476 e. The van der Waals surface area contributed by atoms with Crippen LogP contribution in [0.4, 0.5) is 11.5 Å². The first-order chi connectivity index (χ1) is 10.5. The Morgan fingerprint density at radius 1 is 1.32 bits per heavy atom. The minimum Gasteiger partial charge on any atom is -0.476 e. The Labute approximate surface area is 127 Å². The van der Waals surface area contributed by atoms with Crippen LogP contribution in [0.25, 0.3) is 0 Å². The predicted octanol–water partition coefficient (Wildman–Crippen LogP) is 2.49. The first-order valence-corrected chi connectivity index (χ1v) is 6.55. The molecule has 0 saturated carbocycles. The third kappa shape index (κ3) is 3.57. The van der Waals surface area contributed by atoms with Crippen molar-refractivity contribution in [3.05, 3.63) is 57.6 Å². The minimum absolute atomic E-state index is 0.140. The zero-order valence-electron chi connectivity index (χ0n) is 12.2. The Hall–Kier alpha value is -2.96. The lowest BCUT2D eigenvalue weighted by Crippen LogP contribution is -2.16. The number of aromatic nitrogens is 1. The molecule has 1 aromatic carbocycles. The lowest BCUT2D eigenvalue weighted by Gasteiger charge is -2.08. The number of hydrogen-bond acceptors (Lipinski definition) is 5. The van der Waals surface area contributed by atoms with E-state index in [1.54, 1.807) is 0 Å². The number of rotatable bonds is 5. The van der Waals surface area contributed by atoms with E-state index in [2.05, 4.69) is 10.3 Å². The quantitative estimate of drug-likeness (QED) is 0.676. The SMILES string of the molecule is COc1nc(NC(=O)Cc2ccccc2C)ccc1[N+](=O)[O-]. The fourth-order valence-electron chi connectivity index (χ4n) is 1.96. The molecule has 0 aliphatic heterocycles. The topological polar surface area (TPSA) is 94.4 Å². The van der Waals surface area contributed by atoms with Crippen molar-refractivity contribution in [1.82, 2.24) is 4.98 Å². The highest BCUT2D eigenvalue weighted by molar-refractivity contribution is 5.91. The van der Waals surface area contributed by atoms with Gasteiger partial charge in [-0.25, -0.2) is 0 Å². The summed E-state index contributed by atoms with van der Waals surface area (Å²) >= 11 is 0. The number of benzene rings is 1. The van der Waals surface area contributed by atoms with E-state index in [1.165, 1.54) is 19.2 Å². The Kier molecular flexibility index (Phi) is 4.67. The van der Waals surface area contributed by atoms with Crippen molar-refractivity contribution in [3.8, 4) is 5.88 Å². The van der Waals surface area contributed by atoms with Gasteiger partial charge in [-0.1, -0.05) is 24.3 Å². The van der Waals surface area contributed by atoms with Gasteiger partial charge in [-0.3, -0.25) is 14.9 Å². The van der Waals surface area contributed by atoms with Crippen LogP contribution >= 0.6 is 0 Å². The summed E-state index contributed by atoms with van der Waals surface area (Å²) < 4.78 is 4.86. The van der Waals surface area contributed by atoms with Crippen LogP contribution in [0.3, 0.4) is 0 Å². The van der Waals surface area contributed by atoms with Crippen LogP contribution in [0, 0.1) is 17.0 Å². The van der Waals surface area contributed by atoms with Gasteiger partial charge in [-0.15, -0.1) is 0 Å². The maximum Gasteiger partial charge on any atom is 0.331 e. The molecule has 2 aromatic rings. The standard InChI is InChI=1S/C15H15N3O4/c1-10-5-3-4-6-11(10)9-14(19)16-13-8-7-12(18(20)21)15(17-13)22-2/h3-8H,9H2,1-2H3,(H,16,17,19). The number of carbonyl (C=O) groups is 1. The van der Waals surface area contributed by atoms with Gasteiger partial charge in [0, 0.05) is 6.07 Å². The maximum absolute atomic E-state index is 12.0. The van der Waals surface area contributed by atoms with Gasteiger partial charge in [-0.2, -0.15) is 4.98 Å². The first-order valence-electron chi connectivity index (χ1n) is 6.55. The molecule has 114 valence electrons. The van der Waals surface area contributed by atoms with E-state index in [0.29, 0.717) is 0 Å². The van der Waals surface area contributed by atoms with Crippen molar-refractivity contribution < 1.29 is 14.5 Å². The number of pyridine rings is 1. The normalized spacial score (nSPS) is 10.1. The van der Waals surface area contributed by atoms with Gasteiger partial charge >= 0.3 is 5.69 Å². The molecule has 1 aromatic heterocycles. The van der Waals surface area contributed by atoms with Crippen molar-refractivity contribution in [1.29, 1.82) is 0 Å². The summed E-state index contributed by atoms with van der Waals surface area (Å²) in [7, 11) is 1.29. The summed E-state index contributed by atoms with van der Waals surface area (Å²) in [6.07, 6.45) is 0.202. The summed E-state index contributed by atoms with van der Waals surface area (Å²) in [5, 5.41) is 13.4. The first kappa shape index (κ1) is 15.4. The van der Waals surface area contributed by atoms with Crippen LogP contribution in [0.2, 0.25) is 0 Å². The Morgan fingerprint density at radius 2 is 2.05 bits per heavy atom. The van der Waals surface area contributed by atoms with Gasteiger partial charge in [0.05, 0.1) is 18.5 Å². The van der Waals surface area contributed by atoms with Crippen LogP contribution in [0.15, 0.2) is 36.4 Å². The van der Waals surface area contributed by atoms with Gasteiger partial charge in [0.15, 0.2) is 0 Å². The highest BCUT2D eigenvalue weighted by Crippen LogP contribution is 2.25. The fraction of sp³-hybridized carbons (Fsp3) is 0.200. The average Bonchev–Trinajstić information content (AvgIpc) is 2.49. The fourth-order valence-corrected chi connectivity index (χ4v) is 1.96. The molecule has 0 saturated heterocycles. The van der Waals surface area contributed by atoms with Gasteiger partial charge in [0.1, 0.15) is 5.82 Å². The summed E-state index contributed by atoms with van der Waals surface area (Å²) in [5.74, 6) is -0.183. The molecule has 0 aliphatic carbocycles. The molecule has 0 fully saturated rings. The van der Waals surface area contributed by atoms with E-state index >= 15 is 0 Å². The molecule has 0 spiro atoms. The molecule has 1 N–H and O–H groups in total. The molecule has 2 rings (SSSR count). The van der Waals surface area contributed by atoms with Gasteiger partial charge in [-0.05, 0) is 24.1 Å². The Morgan fingerprint density at radius 3 is 2.68 bits per heavy atom. The second-order valence-corrected chi connectivity index (χ2v) is 4.63. The average molecular weight is 301 g/mol. The summed E-state index contributed by atoms with van der Waals surface area (Å²) in [5.41, 5.74) is 1.68. The molecule has 0 unspecified atom stereocenters. The number of nitrogens with one attached hydrogen (secondary N) is 1. The van der Waals surface area contributed by atoms with Gasteiger partial charge in [0.25, 0.3) is 5.88 Å². The number of ether oxygens (including phenoxy) is 1. The molecule has 7 nitrogen and oxygen atoms in total. The number of aryl methyl sites for hydroxylation is 1. The summed E-state index contributed by atoms with van der Waals surface area (Å²) in [6, 6.07) is 10.2. The van der Waals surface area contributed by atoms with E-state index in [-0.39, 0.29) is 29.7 Å². The maximum atomic E-state index is 12.0. The molecule has 0 aliphatic rings. The third-order valence-corrected chi connectivity index (χ3v) is 3.11. The Bertz CT molecular complexity index is 716. The van der Waals surface area contributed by atoms with Crippen LogP contribution in [0.5, 0.6) is 5.88 Å². The number of anilines is 1. The molecular formula is C15H15N3O4. The monoisotopic (exact) mass is 301 g/mol. The van der Waals surface area contributed by atoms with Crippen molar-refractivity contribution in [2.75, 3.05) is 12.4 Å². The highest BCUT2D eigenvalue weighted by atomic mass is 16.6. The molecule has 1 amide bonds. The van der Waals surface area contributed by atoms with Gasteiger partial charge < -0.3 is 10.1 Å². The molecule has 22 heavy (non-hydrogen) atoms. The minimum atomic E-state index is -0.592. The number of amides is 1. The third-order valence-electron chi connectivity index (χ3n) is 3.11. The van der Waals surface area contributed by atoms with E-state index in [4.69, 9.17) is 4.74 Å². The number of methoxy groups -OCH3 is 1. The molecule has 1 heterocycles. The van der Waals surface area contributed by atoms with Crippen LogP contribution in [-0.4, -0.2) is 22.9 Å². The van der Waals surface area contributed by atoms with E-state index in [0.717, 1.165) is 11.1 Å². The number of carbonyl (C=O) groups excluding carboxylic acids is 1. The van der Waals surface area contributed by atoms with Gasteiger partial charge in [0.2, 0.25) is 5.91 Å². The van der Waals surface area contributed by atoms with Crippen LogP contribution in [0.1, 0.15) is 11.1 Å². The van der Waals surface area contributed by atoms with Crippen molar-refractivity contribution in [2.45, 2.75) is 13.3 Å². The predicted molar refractivity (Wildman–Crippen MR) is 81.0 cm³/mol.